The molecule has 130 valence electrons. The van der Waals surface area contributed by atoms with Gasteiger partial charge in [-0.2, -0.15) is 0 Å². The van der Waals surface area contributed by atoms with Gasteiger partial charge in [0.2, 0.25) is 0 Å². The summed E-state index contributed by atoms with van der Waals surface area (Å²) < 4.78 is 5.89. The minimum Gasteiger partial charge on any atom is -0.389 e. The molecule has 1 aliphatic heterocycles. The zero-order valence-electron chi connectivity index (χ0n) is 14.8. The highest BCUT2D eigenvalue weighted by Gasteiger charge is 2.31. The van der Waals surface area contributed by atoms with Crippen molar-refractivity contribution >= 4 is 0 Å². The van der Waals surface area contributed by atoms with Crippen LogP contribution >= 0.6 is 0 Å². The first-order chi connectivity index (χ1) is 10.8. The summed E-state index contributed by atoms with van der Waals surface area (Å²) in [7, 11) is 0. The lowest BCUT2D eigenvalue weighted by atomic mass is 9.82. The fourth-order valence-corrected chi connectivity index (χ4v) is 3.42. The summed E-state index contributed by atoms with van der Waals surface area (Å²) in [5.41, 5.74) is 2.81. The Morgan fingerprint density at radius 1 is 1.26 bits per heavy atom. The molecule has 0 fully saturated rings. The lowest BCUT2D eigenvalue weighted by molar-refractivity contribution is -0.0868. The second-order valence-corrected chi connectivity index (χ2v) is 7.70. The summed E-state index contributed by atoms with van der Waals surface area (Å²) in [4.78, 5) is 0. The van der Waals surface area contributed by atoms with Crippen molar-refractivity contribution in [1.82, 2.24) is 0 Å². The van der Waals surface area contributed by atoms with Crippen LogP contribution in [0.15, 0.2) is 35.5 Å². The molecule has 3 heteroatoms. The van der Waals surface area contributed by atoms with Gasteiger partial charge in [-0.25, -0.2) is 0 Å². The number of aliphatic hydroxyl groups is 2. The second-order valence-electron chi connectivity index (χ2n) is 7.70. The smallest absolute Gasteiger partial charge is 0.0895 e. The third-order valence-corrected chi connectivity index (χ3v) is 5.18. The molecule has 0 unspecified atom stereocenters. The van der Waals surface area contributed by atoms with E-state index in [1.54, 1.807) is 13.8 Å². The molecule has 0 bridgehead atoms. The minimum atomic E-state index is -0.814. The van der Waals surface area contributed by atoms with E-state index in [-0.39, 0.29) is 6.10 Å². The van der Waals surface area contributed by atoms with Gasteiger partial charge < -0.3 is 14.9 Å². The van der Waals surface area contributed by atoms with E-state index in [2.05, 4.69) is 25.7 Å². The van der Waals surface area contributed by atoms with Crippen LogP contribution in [0.4, 0.5) is 0 Å². The van der Waals surface area contributed by atoms with E-state index in [1.807, 2.05) is 0 Å². The molecule has 0 amide bonds. The van der Waals surface area contributed by atoms with Crippen molar-refractivity contribution in [3.63, 3.8) is 0 Å². The molecule has 2 aliphatic rings. The number of hydrogen-bond donors (Lipinski definition) is 2. The van der Waals surface area contributed by atoms with Gasteiger partial charge >= 0.3 is 0 Å². The molecule has 3 atom stereocenters. The highest BCUT2D eigenvalue weighted by Crippen LogP contribution is 2.33. The monoisotopic (exact) mass is 320 g/mol. The van der Waals surface area contributed by atoms with E-state index < -0.39 is 11.7 Å². The molecular weight excluding hydrogens is 288 g/mol. The van der Waals surface area contributed by atoms with Crippen LogP contribution in [-0.4, -0.2) is 34.6 Å². The van der Waals surface area contributed by atoms with Crippen molar-refractivity contribution in [3.8, 4) is 0 Å². The Hall–Kier alpha value is -0.900. The van der Waals surface area contributed by atoms with Crippen LogP contribution in [-0.2, 0) is 4.74 Å². The highest BCUT2D eigenvalue weighted by molar-refractivity contribution is 5.16. The molecular formula is C20H32O3. The van der Waals surface area contributed by atoms with Crippen LogP contribution in [0.5, 0.6) is 0 Å². The standard InChI is InChI=1S/C20H32O3/c1-14-6-5-7-15(2)18(21)12-16(9-8-14)17-10-11-19(23-13-17)20(3,4)22/h6,10,16,18-19,21-22H,2,5,7-9,11-13H2,1,3-4H3/b14-6+/t16-,18+,19+/m0/s1. The molecule has 1 heterocycles. The number of aliphatic hydroxyl groups excluding tert-OH is 1. The number of allylic oxidation sites excluding steroid dienone is 2. The zero-order chi connectivity index (χ0) is 17.0. The lowest BCUT2D eigenvalue weighted by Crippen LogP contribution is -2.40. The van der Waals surface area contributed by atoms with Crippen LogP contribution in [0, 0.1) is 5.92 Å². The minimum absolute atomic E-state index is 0.146. The maximum atomic E-state index is 10.4. The molecule has 0 saturated carbocycles. The average Bonchev–Trinajstić information content (AvgIpc) is 2.49. The Kier molecular flexibility index (Phi) is 6.24. The van der Waals surface area contributed by atoms with E-state index in [9.17, 15) is 10.2 Å². The quantitative estimate of drug-likeness (QED) is 0.758. The predicted molar refractivity (Wildman–Crippen MR) is 94.2 cm³/mol. The summed E-state index contributed by atoms with van der Waals surface area (Å²) in [6, 6.07) is 0. The molecule has 0 aromatic carbocycles. The molecule has 0 saturated heterocycles. The Morgan fingerprint density at radius 2 is 2.00 bits per heavy atom. The van der Waals surface area contributed by atoms with Crippen molar-refractivity contribution in [2.45, 2.75) is 77.1 Å². The van der Waals surface area contributed by atoms with Gasteiger partial charge in [0.05, 0.1) is 24.4 Å². The summed E-state index contributed by atoms with van der Waals surface area (Å²) in [6.07, 6.45) is 9.33. The molecule has 1 aliphatic carbocycles. The molecule has 0 aromatic heterocycles. The van der Waals surface area contributed by atoms with Crippen molar-refractivity contribution in [3.05, 3.63) is 35.5 Å². The zero-order valence-corrected chi connectivity index (χ0v) is 14.8. The van der Waals surface area contributed by atoms with Crippen molar-refractivity contribution < 1.29 is 14.9 Å². The largest absolute Gasteiger partial charge is 0.389 e. The summed E-state index contributed by atoms with van der Waals surface area (Å²) in [6.45, 7) is 10.4. The fraction of sp³-hybridized carbons (Fsp3) is 0.700. The topological polar surface area (TPSA) is 49.7 Å². The van der Waals surface area contributed by atoms with Gasteiger partial charge in [0.15, 0.2) is 0 Å². The van der Waals surface area contributed by atoms with E-state index >= 15 is 0 Å². The first-order valence-corrected chi connectivity index (χ1v) is 8.81. The Balaban J connectivity index is 2.09. The third kappa shape index (κ3) is 5.30. The lowest BCUT2D eigenvalue weighted by Gasteiger charge is -2.34. The highest BCUT2D eigenvalue weighted by atomic mass is 16.5. The molecule has 0 aromatic rings. The molecule has 2 N–H and O–H groups in total. The van der Waals surface area contributed by atoms with Crippen molar-refractivity contribution in [2.24, 2.45) is 5.92 Å². The van der Waals surface area contributed by atoms with Crippen molar-refractivity contribution in [2.75, 3.05) is 6.61 Å². The van der Waals surface area contributed by atoms with Gasteiger partial charge in [-0.1, -0.05) is 24.3 Å². The Bertz CT molecular complexity index is 482. The van der Waals surface area contributed by atoms with Crippen LogP contribution in [0.2, 0.25) is 0 Å². The Morgan fingerprint density at radius 3 is 2.61 bits per heavy atom. The van der Waals surface area contributed by atoms with Crippen LogP contribution in [0.3, 0.4) is 0 Å². The van der Waals surface area contributed by atoms with E-state index in [1.165, 1.54) is 11.1 Å². The van der Waals surface area contributed by atoms with Gasteiger partial charge in [0, 0.05) is 0 Å². The van der Waals surface area contributed by atoms with Gasteiger partial charge in [-0.05, 0) is 76.4 Å². The first-order valence-electron chi connectivity index (χ1n) is 8.81. The average molecular weight is 320 g/mol. The number of hydrogen-bond acceptors (Lipinski definition) is 3. The van der Waals surface area contributed by atoms with Crippen LogP contribution < -0.4 is 0 Å². The molecule has 3 nitrogen and oxygen atoms in total. The second kappa shape index (κ2) is 7.78. The fourth-order valence-electron chi connectivity index (χ4n) is 3.42. The Labute approximate surface area is 140 Å². The third-order valence-electron chi connectivity index (χ3n) is 5.18. The van der Waals surface area contributed by atoms with E-state index in [4.69, 9.17) is 4.74 Å². The van der Waals surface area contributed by atoms with Crippen LogP contribution in [0.25, 0.3) is 0 Å². The molecule has 0 radical (unpaired) electrons. The summed E-state index contributed by atoms with van der Waals surface area (Å²) in [5, 5.41) is 20.5. The molecule has 2 rings (SSSR count). The number of rotatable bonds is 2. The van der Waals surface area contributed by atoms with Gasteiger partial charge in [0.1, 0.15) is 0 Å². The molecule has 0 spiro atoms. The van der Waals surface area contributed by atoms with Gasteiger partial charge in [-0.15, -0.1) is 0 Å². The SMILES string of the molecule is C=C1CC/C=C(\C)CC[C@H](C2=CC[C@H](C(C)(C)O)OC2)C[C@H]1O. The number of ether oxygens (including phenoxy) is 1. The van der Waals surface area contributed by atoms with Gasteiger partial charge in [0.25, 0.3) is 0 Å². The predicted octanol–water partition coefficient (Wildman–Crippen LogP) is 3.92. The first kappa shape index (κ1) is 18.4. The maximum absolute atomic E-state index is 10.4. The molecule has 23 heavy (non-hydrogen) atoms. The normalized spacial score (nSPS) is 33.6. The maximum Gasteiger partial charge on any atom is 0.0895 e. The van der Waals surface area contributed by atoms with E-state index in [0.29, 0.717) is 12.5 Å². The van der Waals surface area contributed by atoms with Crippen molar-refractivity contribution in [1.29, 1.82) is 0 Å². The van der Waals surface area contributed by atoms with Crippen LogP contribution in [0.1, 0.15) is 59.3 Å². The van der Waals surface area contributed by atoms with E-state index in [0.717, 1.165) is 44.1 Å². The summed E-state index contributed by atoms with van der Waals surface area (Å²) >= 11 is 0. The summed E-state index contributed by atoms with van der Waals surface area (Å²) in [5.74, 6) is 0.325. The van der Waals surface area contributed by atoms with Gasteiger partial charge in [-0.3, -0.25) is 0 Å².